The summed E-state index contributed by atoms with van der Waals surface area (Å²) < 4.78 is 40.3. The predicted octanol–water partition coefficient (Wildman–Crippen LogP) is 1.59. The molecule has 0 unspecified atom stereocenters. The SMILES string of the molecule is O=C(CN1CCN(c2nccs2)CC1)N1CCN(S(=O)(=O)c2ccc(F)c(Cl)c2)CC1. The number of carbonyl (C=O) groups is 1. The first-order valence-electron chi connectivity index (χ1n) is 9.94. The number of benzene rings is 1. The average molecular weight is 488 g/mol. The molecular weight excluding hydrogens is 465 g/mol. The first-order chi connectivity index (χ1) is 14.8. The van der Waals surface area contributed by atoms with Gasteiger partial charge in [0.2, 0.25) is 15.9 Å². The molecule has 0 spiro atoms. The Hall–Kier alpha value is -1.79. The number of nitrogens with zero attached hydrogens (tertiary/aromatic N) is 5. The molecule has 1 aromatic heterocycles. The van der Waals surface area contributed by atoms with Crippen LogP contribution in [0.5, 0.6) is 0 Å². The van der Waals surface area contributed by atoms with E-state index < -0.39 is 15.8 Å². The number of anilines is 1. The number of piperazine rings is 2. The summed E-state index contributed by atoms with van der Waals surface area (Å²) in [5.74, 6) is -0.659. The van der Waals surface area contributed by atoms with Crippen molar-refractivity contribution in [3.05, 3.63) is 40.6 Å². The number of thiazole rings is 1. The van der Waals surface area contributed by atoms with Gasteiger partial charge in [-0.2, -0.15) is 4.31 Å². The number of sulfonamides is 1. The van der Waals surface area contributed by atoms with Crippen LogP contribution in [-0.2, 0) is 14.8 Å². The number of aromatic nitrogens is 1. The van der Waals surface area contributed by atoms with Crippen molar-refractivity contribution in [2.75, 3.05) is 63.8 Å². The van der Waals surface area contributed by atoms with Gasteiger partial charge in [0.1, 0.15) is 5.82 Å². The standard InChI is InChI=1S/C19H23ClFN5O3S2/c20-16-13-15(1-2-17(16)21)31(28,29)26-10-8-24(9-11-26)18(27)14-23-4-6-25(7-5-23)19-22-3-12-30-19/h1-3,12-13H,4-11,14H2. The molecule has 3 heterocycles. The lowest BCUT2D eigenvalue weighted by molar-refractivity contribution is -0.133. The highest BCUT2D eigenvalue weighted by atomic mass is 35.5. The zero-order valence-corrected chi connectivity index (χ0v) is 19.2. The van der Waals surface area contributed by atoms with E-state index in [2.05, 4.69) is 14.8 Å². The fourth-order valence-electron chi connectivity index (χ4n) is 3.72. The zero-order valence-electron chi connectivity index (χ0n) is 16.8. The van der Waals surface area contributed by atoms with Gasteiger partial charge in [-0.15, -0.1) is 11.3 Å². The Kier molecular flexibility index (Phi) is 6.77. The minimum absolute atomic E-state index is 0.00423. The van der Waals surface area contributed by atoms with Crippen molar-refractivity contribution >= 4 is 44.0 Å². The highest BCUT2D eigenvalue weighted by Gasteiger charge is 2.31. The summed E-state index contributed by atoms with van der Waals surface area (Å²) in [7, 11) is -3.78. The fraction of sp³-hybridized carbons (Fsp3) is 0.474. The highest BCUT2D eigenvalue weighted by Crippen LogP contribution is 2.23. The third kappa shape index (κ3) is 5.01. The third-order valence-corrected chi connectivity index (χ3v) is 8.56. The lowest BCUT2D eigenvalue weighted by atomic mass is 10.3. The van der Waals surface area contributed by atoms with E-state index in [9.17, 15) is 17.6 Å². The second-order valence-electron chi connectivity index (χ2n) is 7.44. The molecule has 0 atom stereocenters. The molecule has 0 radical (unpaired) electrons. The van der Waals surface area contributed by atoms with Crippen LogP contribution in [0.1, 0.15) is 0 Å². The molecule has 0 N–H and O–H groups in total. The number of hydrogen-bond donors (Lipinski definition) is 0. The third-order valence-electron chi connectivity index (χ3n) is 5.54. The Morgan fingerprint density at radius 3 is 2.42 bits per heavy atom. The van der Waals surface area contributed by atoms with E-state index in [0.717, 1.165) is 43.4 Å². The maximum atomic E-state index is 13.4. The van der Waals surface area contributed by atoms with E-state index >= 15 is 0 Å². The number of rotatable bonds is 5. The van der Waals surface area contributed by atoms with Crippen molar-refractivity contribution in [3.63, 3.8) is 0 Å². The largest absolute Gasteiger partial charge is 0.346 e. The number of halogens is 2. The summed E-state index contributed by atoms with van der Waals surface area (Å²) in [6.45, 7) is 4.59. The molecule has 2 aliphatic heterocycles. The first-order valence-corrected chi connectivity index (χ1v) is 12.6. The summed E-state index contributed by atoms with van der Waals surface area (Å²) in [4.78, 5) is 23.0. The van der Waals surface area contributed by atoms with E-state index in [4.69, 9.17) is 11.6 Å². The van der Waals surface area contributed by atoms with Crippen LogP contribution in [0.15, 0.2) is 34.7 Å². The molecule has 2 aliphatic rings. The molecule has 31 heavy (non-hydrogen) atoms. The normalized spacial score (nSPS) is 19.0. The van der Waals surface area contributed by atoms with E-state index in [-0.39, 0.29) is 28.9 Å². The number of carbonyl (C=O) groups excluding carboxylic acids is 1. The molecule has 0 saturated carbocycles. The van der Waals surface area contributed by atoms with Crippen LogP contribution >= 0.6 is 22.9 Å². The average Bonchev–Trinajstić information content (AvgIpc) is 3.31. The van der Waals surface area contributed by atoms with Crippen molar-refractivity contribution in [1.82, 2.24) is 19.1 Å². The van der Waals surface area contributed by atoms with Gasteiger partial charge >= 0.3 is 0 Å². The molecule has 4 rings (SSSR count). The van der Waals surface area contributed by atoms with Crippen LogP contribution in [0.2, 0.25) is 5.02 Å². The Bertz CT molecular complexity index is 1020. The van der Waals surface area contributed by atoms with E-state index in [0.29, 0.717) is 19.6 Å². The Morgan fingerprint density at radius 2 is 1.81 bits per heavy atom. The van der Waals surface area contributed by atoms with Crippen LogP contribution in [0.3, 0.4) is 0 Å². The number of amides is 1. The summed E-state index contributed by atoms with van der Waals surface area (Å²) >= 11 is 7.34. The molecule has 168 valence electrons. The molecule has 1 aromatic carbocycles. The second-order valence-corrected chi connectivity index (χ2v) is 10.7. The van der Waals surface area contributed by atoms with Crippen molar-refractivity contribution in [2.24, 2.45) is 0 Å². The Labute approximate surface area is 189 Å². The minimum atomic E-state index is -3.78. The molecule has 1 amide bonds. The van der Waals surface area contributed by atoms with Gasteiger partial charge in [-0.05, 0) is 18.2 Å². The fourth-order valence-corrected chi connectivity index (χ4v) is 6.12. The second kappa shape index (κ2) is 9.37. The molecule has 12 heteroatoms. The van der Waals surface area contributed by atoms with Crippen LogP contribution in [0.4, 0.5) is 9.52 Å². The van der Waals surface area contributed by atoms with Gasteiger partial charge < -0.3 is 9.80 Å². The maximum absolute atomic E-state index is 13.4. The van der Waals surface area contributed by atoms with E-state index in [1.807, 2.05) is 5.38 Å². The monoisotopic (exact) mass is 487 g/mol. The molecular formula is C19H23ClFN5O3S2. The predicted molar refractivity (Wildman–Crippen MR) is 118 cm³/mol. The van der Waals surface area contributed by atoms with Crippen LogP contribution in [0, 0.1) is 5.82 Å². The molecule has 8 nitrogen and oxygen atoms in total. The first kappa shape index (κ1) is 22.4. The lowest BCUT2D eigenvalue weighted by Gasteiger charge is -2.37. The summed E-state index contributed by atoms with van der Waals surface area (Å²) in [5.41, 5.74) is 0. The molecule has 2 aromatic rings. The van der Waals surface area contributed by atoms with Crippen LogP contribution < -0.4 is 4.90 Å². The van der Waals surface area contributed by atoms with Gasteiger partial charge in [-0.25, -0.2) is 17.8 Å². The molecule has 2 fully saturated rings. The Morgan fingerprint density at radius 1 is 1.10 bits per heavy atom. The van der Waals surface area contributed by atoms with Crippen molar-refractivity contribution < 1.29 is 17.6 Å². The van der Waals surface area contributed by atoms with Crippen molar-refractivity contribution in [3.8, 4) is 0 Å². The quantitative estimate of drug-likeness (QED) is 0.637. The van der Waals surface area contributed by atoms with Gasteiger partial charge in [-0.1, -0.05) is 11.6 Å². The van der Waals surface area contributed by atoms with Crippen molar-refractivity contribution in [1.29, 1.82) is 0 Å². The van der Waals surface area contributed by atoms with E-state index in [1.165, 1.54) is 10.4 Å². The van der Waals surface area contributed by atoms with Gasteiger partial charge in [0, 0.05) is 63.9 Å². The topological polar surface area (TPSA) is 77.1 Å². The van der Waals surface area contributed by atoms with Crippen LogP contribution in [-0.4, -0.2) is 92.3 Å². The summed E-state index contributed by atoms with van der Waals surface area (Å²) in [5, 5.41) is 2.73. The molecule has 2 saturated heterocycles. The van der Waals surface area contributed by atoms with Gasteiger partial charge in [-0.3, -0.25) is 9.69 Å². The molecule has 0 aliphatic carbocycles. The summed E-state index contributed by atoms with van der Waals surface area (Å²) in [6.07, 6.45) is 1.79. The van der Waals surface area contributed by atoms with Crippen molar-refractivity contribution in [2.45, 2.75) is 4.90 Å². The van der Waals surface area contributed by atoms with Gasteiger partial charge in [0.15, 0.2) is 5.13 Å². The Balaban J connectivity index is 1.27. The zero-order chi connectivity index (χ0) is 22.0. The minimum Gasteiger partial charge on any atom is -0.346 e. The van der Waals surface area contributed by atoms with Crippen LogP contribution in [0.25, 0.3) is 0 Å². The van der Waals surface area contributed by atoms with E-state index in [1.54, 1.807) is 22.4 Å². The number of hydrogen-bond acceptors (Lipinski definition) is 7. The highest BCUT2D eigenvalue weighted by molar-refractivity contribution is 7.89. The molecule has 0 bridgehead atoms. The van der Waals surface area contributed by atoms with Gasteiger partial charge in [0.05, 0.1) is 16.5 Å². The maximum Gasteiger partial charge on any atom is 0.243 e. The summed E-state index contributed by atoms with van der Waals surface area (Å²) in [6, 6.07) is 3.37. The van der Waals surface area contributed by atoms with Gasteiger partial charge in [0.25, 0.3) is 0 Å². The lowest BCUT2D eigenvalue weighted by Crippen LogP contribution is -2.54. The smallest absolute Gasteiger partial charge is 0.243 e.